The Bertz CT molecular complexity index is 2070. The van der Waals surface area contributed by atoms with Gasteiger partial charge in [0, 0.05) is 62.2 Å². The molecule has 6 rings (SSSR count). The molecule has 8 atom stereocenters. The van der Waals surface area contributed by atoms with Crippen molar-refractivity contribution in [2.75, 3.05) is 26.2 Å². The van der Waals surface area contributed by atoms with E-state index in [2.05, 4.69) is 10.0 Å². The summed E-state index contributed by atoms with van der Waals surface area (Å²) < 4.78 is 70.7. The molecule has 0 radical (unpaired) electrons. The molecule has 1 amide bonds. The Balaban J connectivity index is 0.000000496. The van der Waals surface area contributed by atoms with Gasteiger partial charge in [-0.3, -0.25) is 9.59 Å². The van der Waals surface area contributed by atoms with Crippen LogP contribution in [0.3, 0.4) is 0 Å². The maximum atomic E-state index is 13.1. The number of fused-ring (bicyclic) bond motifs is 2. The van der Waals surface area contributed by atoms with Crippen molar-refractivity contribution in [3.8, 4) is 0 Å². The molecule has 3 saturated heterocycles. The Morgan fingerprint density at radius 2 is 1.48 bits per heavy atom. The molecule has 2 saturated carbocycles. The van der Waals surface area contributed by atoms with E-state index < -0.39 is 74.9 Å². The number of nitrogens with one attached hydrogen (secondary N) is 1. The van der Waals surface area contributed by atoms with Crippen molar-refractivity contribution in [1.29, 1.82) is 0 Å². The predicted octanol–water partition coefficient (Wildman–Crippen LogP) is 3.30. The van der Waals surface area contributed by atoms with Crippen LogP contribution in [-0.2, 0) is 50.7 Å². The van der Waals surface area contributed by atoms with E-state index in [1.807, 2.05) is 38.5 Å². The number of nitrogens with zero attached hydrogens (tertiary/aromatic N) is 5. The third-order valence-corrected chi connectivity index (χ3v) is 16.4. The number of carboxylic acid groups (broad SMARTS) is 1. The van der Waals surface area contributed by atoms with Gasteiger partial charge in [0.1, 0.15) is 23.5 Å². The van der Waals surface area contributed by atoms with Crippen molar-refractivity contribution in [2.24, 2.45) is 51.5 Å². The SMILES string of the molecule is C.C.CC(=O)C1(N=[N+]=[N-])C[C@H]2CN(S(=O)(=O)NC(=O)OCc3ccccc3)C[C@H]2C1CCCB1OC(C)(C)C(C)(C)O1.NC1(C(=O)O)C[C@H]2CN(S(N)(=O)=O)C[C@H]2C1CCCB(O)O.[U]. The standard InChI is InChI=1S/C26H38BN5O7S.C11H22BN3O6S.2CH4.U/c1-18(33)26(30-31-28)14-20-15-32(40(35,36)29-23(34)37-17-19-10-7-6-8-11-19)16-21(20)22(26)12-9-13-27-38-24(2,3)25(4,5)39-27;13-11(10(16)17)4-7-5-15(22(14,20)21)6-8(7)9(11)2-1-3-12(18)19;;;/h6-8,10-11,20-22H,9,12-17H2,1-5H3,(H,29,34);7-9,18-19H,1-6,13H2,(H,16,17)(H2,14,20,21);2*1H4;/t20-,21+,22?,26?;7-,8+,9?,11?;;;/m00.../s1. The first-order chi connectivity index (χ1) is 28.8. The van der Waals surface area contributed by atoms with Gasteiger partial charge in [0.25, 0.3) is 10.2 Å². The van der Waals surface area contributed by atoms with Gasteiger partial charge >= 0.3 is 36.5 Å². The topological polar surface area (TPSA) is 327 Å². The minimum atomic E-state index is -4.18. The van der Waals surface area contributed by atoms with Crippen LogP contribution in [0.15, 0.2) is 35.4 Å². The number of amides is 1. The Kier molecular flexibility index (Phi) is 20.7. The molecule has 364 valence electrons. The van der Waals surface area contributed by atoms with E-state index in [1.54, 1.807) is 24.3 Å². The molecule has 4 unspecified atom stereocenters. The zero-order valence-electron chi connectivity index (χ0n) is 36.3. The number of rotatable bonds is 16. The van der Waals surface area contributed by atoms with Gasteiger partial charge < -0.3 is 34.9 Å². The van der Waals surface area contributed by atoms with E-state index in [1.165, 1.54) is 11.2 Å². The van der Waals surface area contributed by atoms with Gasteiger partial charge in [0.05, 0.1) is 11.2 Å². The van der Waals surface area contributed by atoms with Crippen LogP contribution in [0.2, 0.25) is 12.6 Å². The monoisotopic (exact) mass is 1180 g/mol. The number of benzene rings is 1. The second-order valence-corrected chi connectivity index (χ2v) is 21.6. The summed E-state index contributed by atoms with van der Waals surface area (Å²) in [5.41, 5.74) is 12.6. The number of carboxylic acids is 1. The zero-order chi connectivity index (χ0) is 46.1. The maximum absolute atomic E-state index is 13.1. The van der Waals surface area contributed by atoms with E-state index in [4.69, 9.17) is 35.0 Å². The van der Waals surface area contributed by atoms with Crippen LogP contribution < -0.4 is 15.6 Å². The number of Topliss-reactive ketones (excluding diaryl/α,β-unsaturated/α-hetero) is 1. The number of nitrogens with two attached hydrogens (primary N) is 2. The van der Waals surface area contributed by atoms with Crippen LogP contribution in [0.4, 0.5) is 4.79 Å². The van der Waals surface area contributed by atoms with Crippen LogP contribution >= 0.6 is 0 Å². The van der Waals surface area contributed by atoms with Crippen molar-refractivity contribution < 1.29 is 91.5 Å². The molecule has 65 heavy (non-hydrogen) atoms. The number of ketones is 1. The summed E-state index contributed by atoms with van der Waals surface area (Å²) in [4.78, 5) is 39.7. The number of carbonyl (C=O) groups excluding carboxylic acids is 2. The van der Waals surface area contributed by atoms with E-state index in [0.717, 1.165) is 9.87 Å². The van der Waals surface area contributed by atoms with Crippen LogP contribution in [0.1, 0.15) is 93.6 Å². The third-order valence-electron chi connectivity index (χ3n) is 14.0. The predicted molar refractivity (Wildman–Crippen MR) is 240 cm³/mol. The van der Waals surface area contributed by atoms with Crippen molar-refractivity contribution in [1.82, 2.24) is 13.3 Å². The van der Waals surface area contributed by atoms with E-state index in [-0.39, 0.29) is 133 Å². The molecule has 5 aliphatic rings. The summed E-state index contributed by atoms with van der Waals surface area (Å²) in [5, 5.41) is 36.4. The minimum Gasteiger partial charge on any atom is -0.480 e. The zero-order valence-corrected chi connectivity index (χ0v) is 42.1. The summed E-state index contributed by atoms with van der Waals surface area (Å²) in [6.45, 7) is 9.86. The summed E-state index contributed by atoms with van der Waals surface area (Å²) >= 11 is 0. The summed E-state index contributed by atoms with van der Waals surface area (Å²) in [6.07, 6.45) is 2.08. The van der Waals surface area contributed by atoms with Crippen molar-refractivity contribution in [3.05, 3.63) is 46.3 Å². The molecule has 21 nitrogen and oxygen atoms in total. The number of aliphatic carboxylic acids is 1. The number of carbonyl (C=O) groups is 3. The summed E-state index contributed by atoms with van der Waals surface area (Å²) in [7, 11) is -9.82. The minimum absolute atomic E-state index is 0. The van der Waals surface area contributed by atoms with E-state index in [9.17, 15) is 41.9 Å². The number of hydrogen-bond acceptors (Lipinski definition) is 14. The average molecular weight is 1180 g/mol. The molecular weight excluding hydrogens is 1110 g/mol. The van der Waals surface area contributed by atoms with Crippen LogP contribution in [-0.4, -0.2) is 121 Å². The van der Waals surface area contributed by atoms with Crippen molar-refractivity contribution >= 4 is 52.5 Å². The smallest absolute Gasteiger partial charge is 0.457 e. The fourth-order valence-corrected chi connectivity index (χ4v) is 12.1. The van der Waals surface area contributed by atoms with Crippen LogP contribution in [0.25, 0.3) is 10.4 Å². The Morgan fingerprint density at radius 3 is 2.02 bits per heavy atom. The average Bonchev–Trinajstić information content (AvgIpc) is 3.94. The third kappa shape index (κ3) is 13.3. The van der Waals surface area contributed by atoms with Gasteiger partial charge in [0.15, 0.2) is 0 Å². The van der Waals surface area contributed by atoms with Gasteiger partial charge in [-0.25, -0.2) is 14.7 Å². The molecule has 3 aliphatic heterocycles. The molecular formula is C39H68B2N8O13S2U. The largest absolute Gasteiger partial charge is 0.480 e. The quantitative estimate of drug-likeness (QED) is 0.0599. The van der Waals surface area contributed by atoms with Crippen molar-refractivity contribution in [3.63, 3.8) is 0 Å². The molecule has 8 N–H and O–H groups in total. The van der Waals surface area contributed by atoms with Crippen molar-refractivity contribution in [2.45, 2.75) is 130 Å². The molecule has 2 aliphatic carbocycles. The first kappa shape index (κ1) is 58.8. The van der Waals surface area contributed by atoms with Gasteiger partial charge in [-0.15, -0.1) is 0 Å². The van der Waals surface area contributed by atoms with Gasteiger partial charge in [-0.05, 0) is 120 Å². The number of azide groups is 1. The maximum Gasteiger partial charge on any atom is 0.457 e. The van der Waals surface area contributed by atoms with Crippen LogP contribution in [0.5, 0.6) is 0 Å². The summed E-state index contributed by atoms with van der Waals surface area (Å²) in [5.74, 6) is -2.83. The molecule has 0 spiro atoms. The van der Waals surface area contributed by atoms with E-state index in [0.29, 0.717) is 32.0 Å². The number of ether oxygens (including phenoxy) is 1. The molecule has 0 bridgehead atoms. The van der Waals surface area contributed by atoms with Gasteiger partial charge in [0.2, 0.25) is 0 Å². The van der Waals surface area contributed by atoms with Gasteiger partial charge in [-0.1, -0.05) is 63.1 Å². The molecule has 26 heteroatoms. The molecule has 0 aromatic heterocycles. The first-order valence-electron chi connectivity index (χ1n) is 20.8. The van der Waals surface area contributed by atoms with Gasteiger partial charge in [-0.2, -0.15) is 25.4 Å². The second-order valence-electron chi connectivity index (χ2n) is 18.4. The molecule has 3 heterocycles. The van der Waals surface area contributed by atoms with E-state index >= 15 is 0 Å². The van der Waals surface area contributed by atoms with Crippen LogP contribution in [0, 0.1) is 66.6 Å². The first-order valence-corrected chi connectivity index (χ1v) is 23.8. The molecule has 1 aromatic rings. The number of hydrogen-bond donors (Lipinski definition) is 6. The molecule has 5 fully saturated rings. The fraction of sp³-hybridized carbons (Fsp3) is 0.769. The Morgan fingerprint density at radius 1 is 0.938 bits per heavy atom. The Hall–Kier alpha value is -2.30. The summed E-state index contributed by atoms with van der Waals surface area (Å²) in [6, 6.07) is 8.94. The second kappa shape index (κ2) is 22.9. The fourth-order valence-electron chi connectivity index (χ4n) is 10.2. The Labute approximate surface area is 408 Å². The molecule has 1 aromatic carbocycles. The normalized spacial score (nSPS) is 29.9.